The van der Waals surface area contributed by atoms with Crippen molar-refractivity contribution >= 4 is 5.97 Å². The number of hydrogen-bond acceptors (Lipinski definition) is 5. The summed E-state index contributed by atoms with van der Waals surface area (Å²) in [5.74, 6) is 1.07. The Balaban J connectivity index is 1.82. The number of nitrogens with zero attached hydrogens (tertiary/aromatic N) is 3. The highest BCUT2D eigenvalue weighted by Crippen LogP contribution is 2.37. The van der Waals surface area contributed by atoms with Crippen LogP contribution in [0.2, 0.25) is 0 Å². The average Bonchev–Trinajstić information content (AvgIpc) is 3.05. The van der Waals surface area contributed by atoms with Crippen molar-refractivity contribution in [1.82, 2.24) is 14.8 Å². The maximum atomic E-state index is 11.1. The standard InChI is InChI=1S/C10H16N4O2/c1-16-10(15)8(11)4-5-14-6-12-9(13-14)7-2-3-7/h6-8H,2-5,11H2,1H3. The predicted molar refractivity (Wildman–Crippen MR) is 56.6 cm³/mol. The van der Waals surface area contributed by atoms with Gasteiger partial charge in [-0.1, -0.05) is 0 Å². The first-order valence-electron chi connectivity index (χ1n) is 5.43. The van der Waals surface area contributed by atoms with Crippen LogP contribution in [-0.2, 0) is 16.1 Å². The van der Waals surface area contributed by atoms with Crippen LogP contribution in [0.5, 0.6) is 0 Å². The summed E-state index contributed by atoms with van der Waals surface area (Å²) in [6.07, 6.45) is 4.58. The zero-order chi connectivity index (χ0) is 11.5. The Morgan fingerprint density at radius 3 is 3.12 bits per heavy atom. The minimum Gasteiger partial charge on any atom is -0.468 e. The summed E-state index contributed by atoms with van der Waals surface area (Å²) in [5, 5.41) is 4.33. The molecule has 0 radical (unpaired) electrons. The summed E-state index contributed by atoms with van der Waals surface area (Å²) in [4.78, 5) is 15.3. The van der Waals surface area contributed by atoms with Gasteiger partial charge in [-0.2, -0.15) is 5.10 Å². The van der Waals surface area contributed by atoms with Crippen LogP contribution in [-0.4, -0.2) is 33.9 Å². The van der Waals surface area contributed by atoms with E-state index in [0.717, 1.165) is 5.82 Å². The third-order valence-electron chi connectivity index (χ3n) is 2.67. The van der Waals surface area contributed by atoms with E-state index >= 15 is 0 Å². The predicted octanol–water partition coefficient (Wildman–Crippen LogP) is 0.0459. The highest BCUT2D eigenvalue weighted by Gasteiger charge is 2.27. The van der Waals surface area contributed by atoms with Gasteiger partial charge in [-0.3, -0.25) is 9.48 Å². The number of ether oxygens (including phenoxy) is 1. The molecule has 0 aliphatic heterocycles. The van der Waals surface area contributed by atoms with Crippen molar-refractivity contribution in [3.8, 4) is 0 Å². The van der Waals surface area contributed by atoms with Gasteiger partial charge in [-0.25, -0.2) is 4.98 Å². The van der Waals surface area contributed by atoms with Gasteiger partial charge in [0, 0.05) is 12.5 Å². The molecule has 2 rings (SSSR count). The van der Waals surface area contributed by atoms with Gasteiger partial charge < -0.3 is 10.5 Å². The molecule has 1 aromatic heterocycles. The molecule has 0 bridgehead atoms. The summed E-state index contributed by atoms with van der Waals surface area (Å²) in [7, 11) is 1.34. The molecule has 16 heavy (non-hydrogen) atoms. The molecule has 6 nitrogen and oxygen atoms in total. The van der Waals surface area contributed by atoms with Gasteiger partial charge in [0.25, 0.3) is 0 Å². The molecule has 1 aliphatic carbocycles. The van der Waals surface area contributed by atoms with Gasteiger partial charge in [-0.05, 0) is 19.3 Å². The SMILES string of the molecule is COC(=O)C(N)CCn1cnc(C2CC2)n1. The van der Waals surface area contributed by atoms with E-state index < -0.39 is 6.04 Å². The van der Waals surface area contributed by atoms with E-state index in [1.807, 2.05) is 0 Å². The summed E-state index contributed by atoms with van der Waals surface area (Å²) in [5.41, 5.74) is 5.62. The van der Waals surface area contributed by atoms with Gasteiger partial charge in [-0.15, -0.1) is 0 Å². The van der Waals surface area contributed by atoms with E-state index in [2.05, 4.69) is 14.8 Å². The largest absolute Gasteiger partial charge is 0.468 e. The second-order valence-corrected chi connectivity index (χ2v) is 4.06. The molecule has 6 heteroatoms. The van der Waals surface area contributed by atoms with Crippen LogP contribution in [0, 0.1) is 0 Å². The van der Waals surface area contributed by atoms with Crippen LogP contribution in [0.25, 0.3) is 0 Å². The van der Waals surface area contributed by atoms with Crippen LogP contribution in [0.4, 0.5) is 0 Å². The van der Waals surface area contributed by atoms with E-state index in [1.54, 1.807) is 11.0 Å². The fourth-order valence-corrected chi connectivity index (χ4v) is 1.49. The molecule has 1 fully saturated rings. The Hall–Kier alpha value is -1.43. The molecule has 1 aliphatic rings. The van der Waals surface area contributed by atoms with Crippen LogP contribution >= 0.6 is 0 Å². The van der Waals surface area contributed by atoms with Crippen LogP contribution in [0.1, 0.15) is 31.0 Å². The number of carbonyl (C=O) groups is 1. The first kappa shape index (κ1) is 11.1. The van der Waals surface area contributed by atoms with Crippen molar-refractivity contribution in [1.29, 1.82) is 0 Å². The number of hydrogen-bond donors (Lipinski definition) is 1. The van der Waals surface area contributed by atoms with Gasteiger partial charge in [0.15, 0.2) is 5.82 Å². The average molecular weight is 224 g/mol. The molecule has 88 valence electrons. The van der Waals surface area contributed by atoms with Crippen molar-refractivity contribution in [3.05, 3.63) is 12.2 Å². The summed E-state index contributed by atoms with van der Waals surface area (Å²) < 4.78 is 6.28. The van der Waals surface area contributed by atoms with Crippen molar-refractivity contribution < 1.29 is 9.53 Å². The Kier molecular flexibility index (Phi) is 3.19. The monoisotopic (exact) mass is 224 g/mol. The van der Waals surface area contributed by atoms with Crippen LogP contribution in [0.15, 0.2) is 6.33 Å². The number of esters is 1. The first-order valence-corrected chi connectivity index (χ1v) is 5.43. The molecule has 0 amide bonds. The third kappa shape index (κ3) is 2.57. The lowest BCUT2D eigenvalue weighted by molar-refractivity contribution is -0.142. The fraction of sp³-hybridized carbons (Fsp3) is 0.700. The van der Waals surface area contributed by atoms with Crippen molar-refractivity contribution in [2.75, 3.05) is 7.11 Å². The molecular weight excluding hydrogens is 208 g/mol. The maximum Gasteiger partial charge on any atom is 0.322 e. The van der Waals surface area contributed by atoms with E-state index in [9.17, 15) is 4.79 Å². The molecule has 2 N–H and O–H groups in total. The minimum atomic E-state index is -0.585. The molecule has 1 atom stereocenters. The van der Waals surface area contributed by atoms with Crippen molar-refractivity contribution in [2.24, 2.45) is 5.73 Å². The van der Waals surface area contributed by atoms with E-state index in [-0.39, 0.29) is 5.97 Å². The van der Waals surface area contributed by atoms with Gasteiger partial charge in [0.1, 0.15) is 12.4 Å². The quantitative estimate of drug-likeness (QED) is 0.714. The number of aromatic nitrogens is 3. The second kappa shape index (κ2) is 4.61. The molecule has 0 spiro atoms. The summed E-state index contributed by atoms with van der Waals surface area (Å²) in [6, 6.07) is -0.585. The van der Waals surface area contributed by atoms with E-state index in [4.69, 9.17) is 5.73 Å². The van der Waals surface area contributed by atoms with Crippen LogP contribution < -0.4 is 5.73 Å². The van der Waals surface area contributed by atoms with E-state index in [0.29, 0.717) is 18.9 Å². The molecule has 1 saturated carbocycles. The minimum absolute atomic E-state index is 0.387. The zero-order valence-corrected chi connectivity index (χ0v) is 9.30. The Bertz CT molecular complexity index is 373. The van der Waals surface area contributed by atoms with Gasteiger partial charge in [0.05, 0.1) is 7.11 Å². The number of carbonyl (C=O) groups excluding carboxylic acids is 1. The molecule has 0 saturated heterocycles. The molecule has 1 unspecified atom stereocenters. The van der Waals surface area contributed by atoms with Crippen molar-refractivity contribution in [3.63, 3.8) is 0 Å². The number of nitrogens with two attached hydrogens (primary N) is 1. The lowest BCUT2D eigenvalue weighted by atomic mass is 10.2. The Morgan fingerprint density at radius 2 is 2.50 bits per heavy atom. The number of aryl methyl sites for hydroxylation is 1. The second-order valence-electron chi connectivity index (χ2n) is 4.06. The number of methoxy groups -OCH3 is 1. The van der Waals surface area contributed by atoms with Crippen molar-refractivity contribution in [2.45, 2.75) is 37.8 Å². The summed E-state index contributed by atoms with van der Waals surface area (Å²) in [6.45, 7) is 0.593. The molecule has 0 aromatic carbocycles. The Labute approximate surface area is 93.8 Å². The number of rotatable bonds is 5. The topological polar surface area (TPSA) is 83.0 Å². The van der Waals surface area contributed by atoms with Gasteiger partial charge >= 0.3 is 5.97 Å². The van der Waals surface area contributed by atoms with Gasteiger partial charge in [0.2, 0.25) is 0 Å². The fourth-order valence-electron chi connectivity index (χ4n) is 1.49. The lowest BCUT2D eigenvalue weighted by Gasteiger charge is -2.08. The molecular formula is C10H16N4O2. The first-order chi connectivity index (χ1) is 7.70. The maximum absolute atomic E-state index is 11.1. The summed E-state index contributed by atoms with van der Waals surface area (Å²) >= 11 is 0. The molecule has 1 heterocycles. The van der Waals surface area contributed by atoms with Crippen LogP contribution in [0.3, 0.4) is 0 Å². The van der Waals surface area contributed by atoms with E-state index in [1.165, 1.54) is 20.0 Å². The zero-order valence-electron chi connectivity index (χ0n) is 9.30. The highest BCUT2D eigenvalue weighted by atomic mass is 16.5. The Morgan fingerprint density at radius 1 is 1.75 bits per heavy atom. The molecule has 1 aromatic rings. The highest BCUT2D eigenvalue weighted by molar-refractivity contribution is 5.75. The lowest BCUT2D eigenvalue weighted by Crippen LogP contribution is -2.32. The smallest absolute Gasteiger partial charge is 0.322 e. The third-order valence-corrected chi connectivity index (χ3v) is 2.67. The normalized spacial score (nSPS) is 17.1.